The molecule has 0 saturated carbocycles. The molecule has 0 saturated heterocycles. The number of carboxylic acids is 3. The molecule has 2 aromatic heterocycles. The van der Waals surface area contributed by atoms with E-state index in [1.807, 2.05) is 12.1 Å². The molecule has 0 radical (unpaired) electrons. The molecule has 1 atom stereocenters. The number of fused-ring (bicyclic) bond motifs is 1. The first-order chi connectivity index (χ1) is 23.2. The van der Waals surface area contributed by atoms with Gasteiger partial charge < -0.3 is 31.3 Å². The van der Waals surface area contributed by atoms with Crippen molar-refractivity contribution in [3.63, 3.8) is 0 Å². The Balaban J connectivity index is 0.000000521. The number of nitrogens with zero attached hydrogens (tertiary/aromatic N) is 3. The van der Waals surface area contributed by atoms with Crippen molar-refractivity contribution in [2.45, 2.75) is 57.7 Å². The first-order valence-electron chi connectivity index (χ1n) is 14.1. The van der Waals surface area contributed by atoms with Crippen LogP contribution in [0.1, 0.15) is 41.4 Å². The summed E-state index contributed by atoms with van der Waals surface area (Å²) in [5.41, 5.74) is 2.17. The van der Waals surface area contributed by atoms with Gasteiger partial charge in [0.2, 0.25) is 5.91 Å². The average Bonchev–Trinajstić information content (AvgIpc) is 3.02. The Bertz CT molecular complexity index is 1720. The van der Waals surface area contributed by atoms with Crippen LogP contribution in [-0.4, -0.2) is 72.6 Å². The van der Waals surface area contributed by atoms with Gasteiger partial charge in [-0.1, -0.05) is 18.2 Å². The fraction of sp³-hybridized carbons (Fsp3) is 0.345. The van der Waals surface area contributed by atoms with Gasteiger partial charge in [0, 0.05) is 18.4 Å². The number of aryl methyl sites for hydroxylation is 2. The molecule has 3 heterocycles. The quantitative estimate of drug-likeness (QED) is 0.175. The van der Waals surface area contributed by atoms with Crippen molar-refractivity contribution in [3.8, 4) is 0 Å². The third-order valence-electron chi connectivity index (χ3n) is 6.39. The topological polar surface area (TPSA) is 213 Å². The molecule has 0 spiro atoms. The molecular weight excluding hydrogens is 693 g/mol. The summed E-state index contributed by atoms with van der Waals surface area (Å²) < 4.78 is 78.4. The third kappa shape index (κ3) is 13.0. The molecule has 0 aliphatic carbocycles. The molecule has 1 aromatic carbocycles. The molecule has 50 heavy (non-hydrogen) atoms. The summed E-state index contributed by atoms with van der Waals surface area (Å²) in [6.45, 7) is 2.43. The molecule has 3 aromatic rings. The lowest BCUT2D eigenvalue weighted by Gasteiger charge is -2.19. The normalized spacial score (nSPS) is 12.7. The first kappa shape index (κ1) is 40.4. The maximum atomic E-state index is 13.7. The molecule has 1 unspecified atom stereocenters. The average molecular weight is 723 g/mol. The van der Waals surface area contributed by atoms with Gasteiger partial charge in [-0.2, -0.15) is 26.3 Å². The van der Waals surface area contributed by atoms with Crippen LogP contribution in [0, 0.1) is 12.7 Å². The number of benzene rings is 1. The van der Waals surface area contributed by atoms with Crippen LogP contribution < -0.4 is 21.5 Å². The monoisotopic (exact) mass is 722 g/mol. The van der Waals surface area contributed by atoms with Crippen LogP contribution in [0.3, 0.4) is 0 Å². The number of nitrogens with one attached hydrogen (secondary N) is 3. The van der Waals surface area contributed by atoms with Gasteiger partial charge in [0.1, 0.15) is 18.2 Å². The minimum absolute atomic E-state index is 0.0631. The number of carbonyl (C=O) groups is 4. The van der Waals surface area contributed by atoms with E-state index in [1.165, 1.54) is 35.0 Å². The van der Waals surface area contributed by atoms with E-state index in [1.54, 1.807) is 6.92 Å². The second-order valence-corrected chi connectivity index (χ2v) is 10.2. The lowest BCUT2D eigenvalue weighted by molar-refractivity contribution is -0.193. The Morgan fingerprint density at radius 2 is 1.62 bits per heavy atom. The van der Waals surface area contributed by atoms with Crippen LogP contribution in [0.4, 0.5) is 42.4 Å². The number of hydrogen-bond acceptors (Lipinski definition) is 9. The van der Waals surface area contributed by atoms with Gasteiger partial charge in [0.05, 0.1) is 24.7 Å². The van der Waals surface area contributed by atoms with Crippen LogP contribution in [0.15, 0.2) is 47.4 Å². The maximum absolute atomic E-state index is 13.7. The minimum atomic E-state index is -5.08. The summed E-state index contributed by atoms with van der Waals surface area (Å²) in [5, 5.41) is 32.3. The van der Waals surface area contributed by atoms with Crippen molar-refractivity contribution >= 4 is 35.5 Å². The van der Waals surface area contributed by atoms with Gasteiger partial charge in [-0.15, -0.1) is 0 Å². The van der Waals surface area contributed by atoms with Crippen molar-refractivity contribution in [2.24, 2.45) is 0 Å². The Kier molecular flexibility index (Phi) is 14.2. The molecule has 1 aliphatic heterocycles. The van der Waals surface area contributed by atoms with E-state index in [0.717, 1.165) is 36.5 Å². The minimum Gasteiger partial charge on any atom is -0.481 e. The molecule has 1 amide bonds. The van der Waals surface area contributed by atoms with Crippen LogP contribution in [0.5, 0.6) is 0 Å². The number of aliphatic carboxylic acids is 3. The van der Waals surface area contributed by atoms with E-state index in [4.69, 9.17) is 19.8 Å². The molecular formula is C29H29F7N6O8. The van der Waals surface area contributed by atoms with Gasteiger partial charge in [0.15, 0.2) is 5.82 Å². The number of carbonyl (C=O) groups excluding carboxylic acids is 1. The zero-order chi connectivity index (χ0) is 37.8. The maximum Gasteiger partial charge on any atom is 0.490 e. The smallest absolute Gasteiger partial charge is 0.481 e. The van der Waals surface area contributed by atoms with Gasteiger partial charge >= 0.3 is 30.3 Å². The third-order valence-corrected chi connectivity index (χ3v) is 6.39. The molecule has 0 fully saturated rings. The predicted octanol–water partition coefficient (Wildman–Crippen LogP) is 3.65. The lowest BCUT2D eigenvalue weighted by atomic mass is 10.0. The Labute approximate surface area is 277 Å². The number of pyridine rings is 1. The second kappa shape index (κ2) is 17.6. The van der Waals surface area contributed by atoms with E-state index in [9.17, 15) is 50.2 Å². The van der Waals surface area contributed by atoms with Crippen LogP contribution in [0.2, 0.25) is 0 Å². The molecule has 272 valence electrons. The highest BCUT2D eigenvalue weighted by atomic mass is 19.4. The summed E-state index contributed by atoms with van der Waals surface area (Å²) in [5.74, 6) is -6.89. The summed E-state index contributed by atoms with van der Waals surface area (Å²) >= 11 is 0. The number of anilines is 2. The number of rotatable bonds is 9. The van der Waals surface area contributed by atoms with E-state index in [0.29, 0.717) is 11.3 Å². The number of halogens is 7. The predicted molar refractivity (Wildman–Crippen MR) is 159 cm³/mol. The van der Waals surface area contributed by atoms with Crippen LogP contribution >= 0.6 is 0 Å². The fourth-order valence-corrected chi connectivity index (χ4v) is 4.06. The SMILES string of the molecule is Cc1cnc(NCc2ccc3c(n2)NCCC3)c(=O)n1CC(=O)NC(CC(=O)O)c1cccc(F)c1.O=C(O)C(F)(F)F.O=C(O)C(F)(F)F. The Hall–Kier alpha value is -5.76. The van der Waals surface area contributed by atoms with Crippen molar-refractivity contribution in [2.75, 3.05) is 17.2 Å². The van der Waals surface area contributed by atoms with Crippen molar-refractivity contribution < 1.29 is 65.2 Å². The molecule has 14 nitrogen and oxygen atoms in total. The number of hydrogen-bond donors (Lipinski definition) is 6. The van der Waals surface area contributed by atoms with Gasteiger partial charge in [-0.05, 0) is 49.1 Å². The number of carboxylic acid groups (broad SMARTS) is 3. The number of amides is 1. The number of aromatic nitrogens is 3. The van der Waals surface area contributed by atoms with E-state index >= 15 is 0 Å². The van der Waals surface area contributed by atoms with Gasteiger partial charge in [-0.3, -0.25) is 19.0 Å². The molecule has 6 N–H and O–H groups in total. The lowest BCUT2D eigenvalue weighted by Crippen LogP contribution is -2.37. The number of alkyl halides is 6. The van der Waals surface area contributed by atoms with Crippen molar-refractivity contribution in [1.82, 2.24) is 19.9 Å². The van der Waals surface area contributed by atoms with Crippen LogP contribution in [0.25, 0.3) is 0 Å². The summed E-state index contributed by atoms with van der Waals surface area (Å²) in [6.07, 6.45) is -7.09. The highest BCUT2D eigenvalue weighted by Gasteiger charge is 2.38. The Morgan fingerprint density at radius 1 is 1.00 bits per heavy atom. The Morgan fingerprint density at radius 3 is 2.18 bits per heavy atom. The van der Waals surface area contributed by atoms with Crippen LogP contribution in [-0.2, 0) is 38.7 Å². The zero-order valence-electron chi connectivity index (χ0n) is 25.7. The molecule has 1 aliphatic rings. The largest absolute Gasteiger partial charge is 0.490 e. The van der Waals surface area contributed by atoms with Crippen molar-refractivity contribution in [3.05, 3.63) is 81.3 Å². The molecule has 4 rings (SSSR count). The van der Waals surface area contributed by atoms with Gasteiger partial charge in [0.25, 0.3) is 5.56 Å². The summed E-state index contributed by atoms with van der Waals surface area (Å²) in [6, 6.07) is 8.33. The molecule has 0 bridgehead atoms. The van der Waals surface area contributed by atoms with E-state index in [-0.39, 0.29) is 18.9 Å². The van der Waals surface area contributed by atoms with Gasteiger partial charge in [-0.25, -0.2) is 23.9 Å². The van der Waals surface area contributed by atoms with E-state index in [2.05, 4.69) is 25.9 Å². The summed E-state index contributed by atoms with van der Waals surface area (Å²) in [4.78, 5) is 63.7. The standard InChI is InChI=1S/C25H27FN6O4.2C2HF3O2/c1-15-12-28-24(29-13-19-8-7-16-5-3-9-27-23(16)30-19)25(36)32(15)14-21(33)31-20(11-22(34)35)17-4-2-6-18(26)10-17;2*3-2(4,5)1(6)7/h2,4,6-8,10,12,20H,3,5,9,11,13-14H2,1H3,(H,27,30)(H,28,29)(H,31,33)(H,34,35);2*(H,6,7). The van der Waals surface area contributed by atoms with Crippen molar-refractivity contribution in [1.29, 1.82) is 0 Å². The second-order valence-electron chi connectivity index (χ2n) is 10.2. The highest BCUT2D eigenvalue weighted by molar-refractivity contribution is 5.78. The first-order valence-corrected chi connectivity index (χ1v) is 14.1. The summed E-state index contributed by atoms with van der Waals surface area (Å²) in [7, 11) is 0. The zero-order valence-corrected chi connectivity index (χ0v) is 25.7. The fourth-order valence-electron chi connectivity index (χ4n) is 4.06. The highest BCUT2D eigenvalue weighted by Crippen LogP contribution is 2.20. The molecule has 21 heteroatoms. The van der Waals surface area contributed by atoms with E-state index < -0.39 is 60.0 Å².